The van der Waals surface area contributed by atoms with Crippen molar-refractivity contribution in [2.75, 3.05) is 0 Å². The average Bonchev–Trinajstić information content (AvgIpc) is 2.51. The minimum atomic E-state index is -0.811. The fourth-order valence-electron chi connectivity index (χ4n) is 1.98. The van der Waals surface area contributed by atoms with Crippen LogP contribution in [0.5, 0.6) is 17.4 Å². The smallest absolute Gasteiger partial charge is 0.303 e. The molecule has 27 heavy (non-hydrogen) atoms. The average molecular weight is 374 g/mol. The monoisotopic (exact) mass is 374 g/mol. The minimum absolute atomic E-state index is 0.0995. The number of nitrogens with two attached hydrogens (primary N) is 1. The topological polar surface area (TPSA) is 112 Å². The number of primary amides is 1. The lowest BCUT2D eigenvalue weighted by Gasteiger charge is -2.20. The molecular weight excluding hydrogens is 348 g/mol. The number of nitrogens with zero attached hydrogens (tertiary/aromatic N) is 1. The third-order valence-electron chi connectivity index (χ3n) is 2.88. The summed E-state index contributed by atoms with van der Waals surface area (Å²) in [6, 6.07) is 10.9. The molecular formula is C20H26N2O5. The van der Waals surface area contributed by atoms with Gasteiger partial charge in [0.05, 0.1) is 0 Å². The van der Waals surface area contributed by atoms with E-state index < -0.39 is 5.97 Å². The van der Waals surface area contributed by atoms with Crippen LogP contribution in [0.15, 0.2) is 42.6 Å². The lowest BCUT2D eigenvalue weighted by molar-refractivity contribution is -0.137. The first kappa shape index (κ1) is 22.0. The van der Waals surface area contributed by atoms with Crippen molar-refractivity contribution in [1.82, 2.24) is 4.98 Å². The van der Waals surface area contributed by atoms with E-state index in [4.69, 9.17) is 14.6 Å². The number of aryl methyl sites for hydroxylation is 1. The molecule has 0 aliphatic carbocycles. The first-order chi connectivity index (χ1) is 12.5. The highest BCUT2D eigenvalue weighted by molar-refractivity contribution is 5.70. The SMILES string of the molecule is CC(C)(C)Oc1cc(Oc2cccc(CCC(=O)O)c2)ccn1.CC(N)=O. The number of benzene rings is 1. The minimum Gasteiger partial charge on any atom is -0.481 e. The van der Waals surface area contributed by atoms with E-state index in [1.54, 1.807) is 18.3 Å². The quantitative estimate of drug-likeness (QED) is 0.799. The summed E-state index contributed by atoms with van der Waals surface area (Å²) >= 11 is 0. The van der Waals surface area contributed by atoms with Crippen molar-refractivity contribution in [3.8, 4) is 17.4 Å². The molecule has 2 aromatic rings. The van der Waals surface area contributed by atoms with Gasteiger partial charge in [0.1, 0.15) is 17.1 Å². The Balaban J connectivity index is 0.000000828. The molecule has 0 unspecified atom stereocenters. The lowest BCUT2D eigenvalue weighted by atomic mass is 10.1. The normalized spacial score (nSPS) is 10.4. The Morgan fingerprint density at radius 3 is 2.37 bits per heavy atom. The number of carbonyl (C=O) groups excluding carboxylic acids is 1. The molecule has 0 fully saturated rings. The Labute approximate surface area is 159 Å². The second-order valence-electron chi connectivity index (χ2n) is 6.80. The fraction of sp³-hybridized carbons (Fsp3) is 0.350. The van der Waals surface area contributed by atoms with Crippen molar-refractivity contribution >= 4 is 11.9 Å². The van der Waals surface area contributed by atoms with Gasteiger partial charge >= 0.3 is 5.97 Å². The number of carbonyl (C=O) groups is 2. The van der Waals surface area contributed by atoms with E-state index >= 15 is 0 Å². The summed E-state index contributed by atoms with van der Waals surface area (Å²) in [7, 11) is 0. The summed E-state index contributed by atoms with van der Waals surface area (Å²) < 4.78 is 11.5. The molecule has 7 nitrogen and oxygen atoms in total. The number of rotatable bonds is 6. The Kier molecular flexibility index (Phi) is 8.26. The molecule has 1 aromatic carbocycles. The van der Waals surface area contributed by atoms with Crippen molar-refractivity contribution in [2.24, 2.45) is 5.73 Å². The van der Waals surface area contributed by atoms with Crippen molar-refractivity contribution in [2.45, 2.75) is 46.1 Å². The van der Waals surface area contributed by atoms with Gasteiger partial charge in [0.25, 0.3) is 0 Å². The number of aliphatic carboxylic acids is 1. The molecule has 0 atom stereocenters. The second-order valence-corrected chi connectivity index (χ2v) is 6.80. The molecule has 0 aliphatic rings. The predicted octanol–water partition coefficient (Wildman–Crippen LogP) is 3.56. The summed E-state index contributed by atoms with van der Waals surface area (Å²) in [6.07, 6.45) is 2.20. The maximum atomic E-state index is 10.6. The summed E-state index contributed by atoms with van der Waals surface area (Å²) in [5, 5.41) is 8.75. The third kappa shape index (κ3) is 10.5. The van der Waals surface area contributed by atoms with Crippen LogP contribution in [-0.2, 0) is 16.0 Å². The molecule has 146 valence electrons. The molecule has 0 radical (unpaired) electrons. The van der Waals surface area contributed by atoms with Gasteiger partial charge in [-0.05, 0) is 51.0 Å². The van der Waals surface area contributed by atoms with Gasteiger partial charge in [0, 0.05) is 25.6 Å². The van der Waals surface area contributed by atoms with Crippen LogP contribution in [0.2, 0.25) is 0 Å². The van der Waals surface area contributed by atoms with Gasteiger partial charge in [0.2, 0.25) is 11.8 Å². The van der Waals surface area contributed by atoms with Gasteiger partial charge < -0.3 is 20.3 Å². The van der Waals surface area contributed by atoms with Crippen LogP contribution in [-0.4, -0.2) is 27.6 Å². The van der Waals surface area contributed by atoms with Crippen LogP contribution in [0.4, 0.5) is 0 Å². The van der Waals surface area contributed by atoms with Crippen LogP contribution in [0.25, 0.3) is 0 Å². The Morgan fingerprint density at radius 2 is 1.78 bits per heavy atom. The van der Waals surface area contributed by atoms with Crippen LogP contribution < -0.4 is 15.2 Å². The van der Waals surface area contributed by atoms with Gasteiger partial charge in [0.15, 0.2) is 0 Å². The number of hydrogen-bond donors (Lipinski definition) is 2. The molecule has 7 heteroatoms. The molecule has 0 saturated heterocycles. The van der Waals surface area contributed by atoms with Crippen molar-refractivity contribution in [1.29, 1.82) is 0 Å². The highest BCUT2D eigenvalue weighted by atomic mass is 16.5. The van der Waals surface area contributed by atoms with E-state index in [2.05, 4.69) is 10.7 Å². The highest BCUT2D eigenvalue weighted by Gasteiger charge is 2.13. The summed E-state index contributed by atoms with van der Waals surface area (Å²) in [4.78, 5) is 24.0. The molecule has 2 rings (SSSR count). The molecule has 1 aromatic heterocycles. The standard InChI is InChI=1S/C18H21NO4.C2H5NO/c1-18(2,3)23-16-12-15(9-10-19-16)22-14-6-4-5-13(11-14)7-8-17(20)21;1-2(3)4/h4-6,9-12H,7-8H2,1-3H3,(H,20,21);1H3,(H2,3,4). The first-order valence-corrected chi connectivity index (χ1v) is 8.45. The third-order valence-corrected chi connectivity index (χ3v) is 2.88. The highest BCUT2D eigenvalue weighted by Crippen LogP contribution is 2.26. The molecule has 3 N–H and O–H groups in total. The predicted molar refractivity (Wildman–Crippen MR) is 102 cm³/mol. The molecule has 0 aliphatic heterocycles. The number of pyridine rings is 1. The molecule has 0 bridgehead atoms. The van der Waals surface area contributed by atoms with Gasteiger partial charge in [-0.15, -0.1) is 0 Å². The number of aromatic nitrogens is 1. The van der Waals surface area contributed by atoms with Gasteiger partial charge in [-0.25, -0.2) is 4.98 Å². The summed E-state index contributed by atoms with van der Waals surface area (Å²) in [5.74, 6) is 0.627. The number of amides is 1. The number of carboxylic acids is 1. The molecule has 0 spiro atoms. The van der Waals surface area contributed by atoms with Gasteiger partial charge in [-0.1, -0.05) is 12.1 Å². The lowest BCUT2D eigenvalue weighted by Crippen LogP contribution is -2.23. The van der Waals surface area contributed by atoms with E-state index in [1.165, 1.54) is 6.92 Å². The van der Waals surface area contributed by atoms with Gasteiger partial charge in [-0.2, -0.15) is 0 Å². The van der Waals surface area contributed by atoms with Crippen LogP contribution >= 0.6 is 0 Å². The molecule has 0 saturated carbocycles. The van der Waals surface area contributed by atoms with Crippen molar-refractivity contribution < 1.29 is 24.2 Å². The maximum Gasteiger partial charge on any atom is 0.303 e. The Morgan fingerprint density at radius 1 is 1.15 bits per heavy atom. The number of hydrogen-bond acceptors (Lipinski definition) is 5. The van der Waals surface area contributed by atoms with E-state index in [9.17, 15) is 9.59 Å². The fourth-order valence-corrected chi connectivity index (χ4v) is 1.98. The maximum absolute atomic E-state index is 10.6. The number of carboxylic acid groups (broad SMARTS) is 1. The van der Waals surface area contributed by atoms with Gasteiger partial charge in [-0.3, -0.25) is 9.59 Å². The van der Waals surface area contributed by atoms with Crippen LogP contribution in [0.1, 0.15) is 39.7 Å². The zero-order valence-corrected chi connectivity index (χ0v) is 16.1. The number of ether oxygens (including phenoxy) is 2. The van der Waals surface area contributed by atoms with Crippen molar-refractivity contribution in [3.63, 3.8) is 0 Å². The zero-order valence-electron chi connectivity index (χ0n) is 16.1. The van der Waals surface area contributed by atoms with E-state index in [0.29, 0.717) is 23.8 Å². The first-order valence-electron chi connectivity index (χ1n) is 8.45. The second kappa shape index (κ2) is 10.2. The largest absolute Gasteiger partial charge is 0.481 e. The Hall–Kier alpha value is -3.09. The van der Waals surface area contributed by atoms with Crippen LogP contribution in [0, 0.1) is 0 Å². The van der Waals surface area contributed by atoms with E-state index in [0.717, 1.165) is 5.56 Å². The molecule has 1 heterocycles. The van der Waals surface area contributed by atoms with E-state index in [-0.39, 0.29) is 17.9 Å². The summed E-state index contributed by atoms with van der Waals surface area (Å²) in [6.45, 7) is 7.16. The summed E-state index contributed by atoms with van der Waals surface area (Å²) in [5.41, 5.74) is 5.06. The zero-order chi connectivity index (χ0) is 20.4. The Bertz CT molecular complexity index is 765. The molecule has 1 amide bonds. The van der Waals surface area contributed by atoms with Crippen molar-refractivity contribution in [3.05, 3.63) is 48.2 Å². The van der Waals surface area contributed by atoms with Crippen LogP contribution in [0.3, 0.4) is 0 Å². The van der Waals surface area contributed by atoms with E-state index in [1.807, 2.05) is 45.0 Å².